The lowest BCUT2D eigenvalue weighted by atomic mass is 10.2. The van der Waals surface area contributed by atoms with E-state index in [1.165, 1.54) is 30.5 Å². The molecule has 1 N–H and O–H groups in total. The van der Waals surface area contributed by atoms with Crippen LogP contribution in [-0.2, 0) is 10.0 Å². The SMILES string of the molecule is CCOc1cc(C=NNS(=O)(=O)c2ccc(Cl)cc2)cc(Br)c1OCC. The number of nitrogens with zero attached hydrogens (tertiary/aromatic N) is 1. The van der Waals surface area contributed by atoms with E-state index < -0.39 is 10.0 Å². The van der Waals surface area contributed by atoms with Crippen LogP contribution in [0.2, 0.25) is 5.02 Å². The Morgan fingerprint density at radius 2 is 1.81 bits per heavy atom. The molecule has 0 fully saturated rings. The first kappa shape index (κ1) is 20.5. The smallest absolute Gasteiger partial charge is 0.276 e. The molecule has 0 saturated heterocycles. The van der Waals surface area contributed by atoms with E-state index in [4.69, 9.17) is 21.1 Å². The molecule has 6 nitrogen and oxygen atoms in total. The second kappa shape index (κ2) is 9.25. The number of ether oxygens (including phenoxy) is 2. The van der Waals surface area contributed by atoms with Crippen molar-refractivity contribution >= 4 is 43.8 Å². The lowest BCUT2D eigenvalue weighted by Gasteiger charge is -2.13. The fraction of sp³-hybridized carbons (Fsp3) is 0.235. The van der Waals surface area contributed by atoms with Gasteiger partial charge in [0.2, 0.25) is 0 Å². The number of nitrogens with one attached hydrogen (secondary N) is 1. The Kier molecular flexibility index (Phi) is 7.31. The van der Waals surface area contributed by atoms with Gasteiger partial charge in [0.1, 0.15) is 0 Å². The molecule has 0 aliphatic heterocycles. The van der Waals surface area contributed by atoms with Crippen molar-refractivity contribution in [2.24, 2.45) is 5.10 Å². The molecule has 2 aromatic rings. The Morgan fingerprint density at radius 1 is 1.15 bits per heavy atom. The maximum absolute atomic E-state index is 12.2. The van der Waals surface area contributed by atoms with E-state index in [2.05, 4.69) is 25.9 Å². The minimum absolute atomic E-state index is 0.0712. The zero-order valence-electron chi connectivity index (χ0n) is 14.2. The zero-order chi connectivity index (χ0) is 19.2. The highest BCUT2D eigenvalue weighted by Crippen LogP contribution is 2.36. The first-order valence-electron chi connectivity index (χ1n) is 7.77. The minimum atomic E-state index is -3.77. The molecule has 2 aromatic carbocycles. The van der Waals surface area contributed by atoms with Crippen LogP contribution in [0.5, 0.6) is 11.5 Å². The number of hydrazone groups is 1. The topological polar surface area (TPSA) is 77.0 Å². The van der Waals surface area contributed by atoms with Crippen LogP contribution in [0.25, 0.3) is 0 Å². The van der Waals surface area contributed by atoms with E-state index in [1.54, 1.807) is 12.1 Å². The van der Waals surface area contributed by atoms with Crippen molar-refractivity contribution in [3.05, 3.63) is 51.5 Å². The predicted molar refractivity (Wildman–Crippen MR) is 106 cm³/mol. The molecular weight excluding hydrogens is 444 g/mol. The molecule has 0 heterocycles. The molecule has 0 saturated carbocycles. The van der Waals surface area contributed by atoms with Crippen LogP contribution < -0.4 is 14.3 Å². The van der Waals surface area contributed by atoms with Crippen LogP contribution in [0.15, 0.2) is 50.9 Å². The van der Waals surface area contributed by atoms with Gasteiger partial charge in [0.25, 0.3) is 10.0 Å². The normalized spacial score (nSPS) is 11.5. The number of benzene rings is 2. The van der Waals surface area contributed by atoms with Crippen LogP contribution >= 0.6 is 27.5 Å². The quantitative estimate of drug-likeness (QED) is 0.472. The summed E-state index contributed by atoms with van der Waals surface area (Å²) in [6.45, 7) is 4.71. The van der Waals surface area contributed by atoms with E-state index in [-0.39, 0.29) is 4.90 Å². The molecule has 9 heteroatoms. The molecule has 0 aliphatic carbocycles. The average molecular weight is 462 g/mol. The van der Waals surface area contributed by atoms with Crippen LogP contribution in [0, 0.1) is 0 Å². The van der Waals surface area contributed by atoms with Crippen LogP contribution in [0.4, 0.5) is 0 Å². The van der Waals surface area contributed by atoms with E-state index >= 15 is 0 Å². The zero-order valence-corrected chi connectivity index (χ0v) is 17.4. The van der Waals surface area contributed by atoms with Crippen molar-refractivity contribution in [3.63, 3.8) is 0 Å². The Hall–Kier alpha value is -1.77. The summed E-state index contributed by atoms with van der Waals surface area (Å²) in [4.78, 5) is 2.24. The van der Waals surface area contributed by atoms with Gasteiger partial charge in [0.15, 0.2) is 11.5 Å². The highest BCUT2D eigenvalue weighted by Gasteiger charge is 2.13. The van der Waals surface area contributed by atoms with Crippen molar-refractivity contribution < 1.29 is 17.9 Å². The molecular formula is C17H18BrClN2O4S. The average Bonchev–Trinajstić information content (AvgIpc) is 2.58. The first-order chi connectivity index (χ1) is 12.4. The monoisotopic (exact) mass is 460 g/mol. The van der Waals surface area contributed by atoms with Gasteiger partial charge < -0.3 is 9.47 Å². The summed E-state index contributed by atoms with van der Waals surface area (Å²) in [6.07, 6.45) is 1.39. The molecule has 140 valence electrons. The minimum Gasteiger partial charge on any atom is -0.490 e. The molecule has 0 bridgehead atoms. The third-order valence-electron chi connectivity index (χ3n) is 3.13. The molecule has 2 rings (SSSR count). The van der Waals surface area contributed by atoms with Gasteiger partial charge in [-0.15, -0.1) is 0 Å². The molecule has 0 aliphatic rings. The van der Waals surface area contributed by atoms with E-state index in [9.17, 15) is 8.42 Å². The number of hydrogen-bond acceptors (Lipinski definition) is 5. The summed E-state index contributed by atoms with van der Waals surface area (Å²) in [7, 11) is -3.77. The molecule has 0 spiro atoms. The van der Waals surface area contributed by atoms with Gasteiger partial charge in [-0.2, -0.15) is 13.5 Å². The summed E-state index contributed by atoms with van der Waals surface area (Å²) < 4.78 is 36.2. The molecule has 26 heavy (non-hydrogen) atoms. The largest absolute Gasteiger partial charge is 0.490 e. The number of sulfonamides is 1. The predicted octanol–water partition coefficient (Wildman–Crippen LogP) is 4.21. The first-order valence-corrected chi connectivity index (χ1v) is 10.4. The van der Waals surface area contributed by atoms with Gasteiger partial charge in [0.05, 0.1) is 28.8 Å². The summed E-state index contributed by atoms with van der Waals surface area (Å²) in [5.41, 5.74) is 0.641. The standard InChI is InChI=1S/C17H18BrClN2O4S/c1-3-24-16-10-12(9-15(18)17(16)25-4-2)11-20-21-26(22,23)14-7-5-13(19)6-8-14/h5-11,21H,3-4H2,1-2H3. The van der Waals surface area contributed by atoms with Gasteiger partial charge in [-0.25, -0.2) is 4.83 Å². The molecule has 0 aromatic heterocycles. The molecule has 0 radical (unpaired) electrons. The van der Waals surface area contributed by atoms with E-state index in [1.807, 2.05) is 13.8 Å². The number of halogens is 2. The van der Waals surface area contributed by atoms with Gasteiger partial charge in [-0.05, 0) is 71.7 Å². The summed E-state index contributed by atoms with van der Waals surface area (Å²) in [6, 6.07) is 9.28. The van der Waals surface area contributed by atoms with E-state index in [0.29, 0.717) is 39.8 Å². The number of hydrogen-bond donors (Lipinski definition) is 1. The Bertz CT molecular complexity index is 886. The number of rotatable bonds is 8. The highest BCUT2D eigenvalue weighted by molar-refractivity contribution is 9.10. The van der Waals surface area contributed by atoms with Gasteiger partial charge in [-0.3, -0.25) is 0 Å². The lowest BCUT2D eigenvalue weighted by molar-refractivity contribution is 0.286. The Morgan fingerprint density at radius 3 is 2.42 bits per heavy atom. The summed E-state index contributed by atoms with van der Waals surface area (Å²) >= 11 is 9.19. The van der Waals surface area contributed by atoms with Crippen LogP contribution in [-0.4, -0.2) is 27.8 Å². The van der Waals surface area contributed by atoms with Crippen LogP contribution in [0.1, 0.15) is 19.4 Å². The third kappa shape index (κ3) is 5.36. The second-order valence-electron chi connectivity index (χ2n) is 5.00. The van der Waals surface area contributed by atoms with Gasteiger partial charge in [-0.1, -0.05) is 11.6 Å². The van der Waals surface area contributed by atoms with Crippen molar-refractivity contribution in [1.29, 1.82) is 0 Å². The van der Waals surface area contributed by atoms with Gasteiger partial charge >= 0.3 is 0 Å². The Labute approximate surface area is 166 Å². The van der Waals surface area contributed by atoms with Crippen LogP contribution in [0.3, 0.4) is 0 Å². The Balaban J connectivity index is 2.20. The van der Waals surface area contributed by atoms with Crippen molar-refractivity contribution in [2.45, 2.75) is 18.7 Å². The fourth-order valence-electron chi connectivity index (χ4n) is 2.05. The van der Waals surface area contributed by atoms with E-state index in [0.717, 1.165) is 0 Å². The molecule has 0 amide bonds. The summed E-state index contributed by atoms with van der Waals surface area (Å²) in [5.74, 6) is 1.14. The third-order valence-corrected chi connectivity index (χ3v) is 5.21. The fourth-order valence-corrected chi connectivity index (χ4v) is 3.54. The van der Waals surface area contributed by atoms with Crippen molar-refractivity contribution in [3.8, 4) is 11.5 Å². The molecule has 0 unspecified atom stereocenters. The molecule has 0 atom stereocenters. The van der Waals surface area contributed by atoms with Crippen molar-refractivity contribution in [2.75, 3.05) is 13.2 Å². The van der Waals surface area contributed by atoms with Gasteiger partial charge in [0, 0.05) is 5.02 Å². The highest BCUT2D eigenvalue weighted by atomic mass is 79.9. The van der Waals surface area contributed by atoms with Crippen molar-refractivity contribution in [1.82, 2.24) is 4.83 Å². The lowest BCUT2D eigenvalue weighted by Crippen LogP contribution is -2.18. The second-order valence-corrected chi connectivity index (χ2v) is 7.95. The maximum atomic E-state index is 12.2. The summed E-state index contributed by atoms with van der Waals surface area (Å²) in [5, 5.41) is 4.27. The maximum Gasteiger partial charge on any atom is 0.276 e.